The second-order valence-corrected chi connectivity index (χ2v) is 8.15. The average molecular weight is 378 g/mol. The summed E-state index contributed by atoms with van der Waals surface area (Å²) in [4.78, 5) is 19.5. The number of hydrogen-bond donors (Lipinski definition) is 0. The lowest BCUT2D eigenvalue weighted by atomic mass is 9.90. The molecule has 2 saturated heterocycles. The third-order valence-electron chi connectivity index (χ3n) is 6.14. The average Bonchev–Trinajstić information content (AvgIpc) is 2.76. The molecule has 148 valence electrons. The lowest BCUT2D eigenvalue weighted by Crippen LogP contribution is -2.53. The number of piperazine rings is 1. The second-order valence-electron chi connectivity index (χ2n) is 8.15. The van der Waals surface area contributed by atoms with Gasteiger partial charge < -0.3 is 9.80 Å². The number of hydrogen-bond acceptors (Lipinski definition) is 2. The van der Waals surface area contributed by atoms with Crippen LogP contribution in [0.3, 0.4) is 0 Å². The molecule has 2 amide bonds. The van der Waals surface area contributed by atoms with E-state index in [-0.39, 0.29) is 6.03 Å². The van der Waals surface area contributed by atoms with Crippen LogP contribution in [0.4, 0.5) is 4.79 Å². The molecule has 2 fully saturated rings. The van der Waals surface area contributed by atoms with Gasteiger partial charge in [-0.3, -0.25) is 4.90 Å². The highest BCUT2D eigenvalue weighted by Gasteiger charge is 2.28. The highest BCUT2D eigenvalue weighted by atomic mass is 16.2. The maximum absolute atomic E-state index is 12.9. The van der Waals surface area contributed by atoms with Crippen LogP contribution < -0.4 is 0 Å². The third-order valence-corrected chi connectivity index (χ3v) is 6.14. The number of carbonyl (C=O) groups excluding carboxylic acids is 1. The number of benzene rings is 2. The number of amides is 2. The zero-order valence-corrected chi connectivity index (χ0v) is 16.7. The Morgan fingerprint density at radius 2 is 1.25 bits per heavy atom. The molecular formula is C24H31N3O. The van der Waals surface area contributed by atoms with Crippen LogP contribution in [0.1, 0.15) is 24.0 Å². The molecular weight excluding hydrogens is 346 g/mol. The molecule has 4 rings (SSSR count). The smallest absolute Gasteiger partial charge is 0.320 e. The molecule has 0 N–H and O–H groups in total. The van der Waals surface area contributed by atoms with Crippen molar-refractivity contribution < 1.29 is 4.79 Å². The molecule has 0 radical (unpaired) electrons. The van der Waals surface area contributed by atoms with E-state index < -0.39 is 0 Å². The fraction of sp³-hybridized carbons (Fsp3) is 0.458. The first-order chi connectivity index (χ1) is 13.8. The third kappa shape index (κ3) is 4.93. The van der Waals surface area contributed by atoms with Crippen molar-refractivity contribution in [3.8, 4) is 0 Å². The van der Waals surface area contributed by atoms with Crippen molar-refractivity contribution in [3.05, 3.63) is 71.8 Å². The minimum absolute atomic E-state index is 0.248. The van der Waals surface area contributed by atoms with Crippen molar-refractivity contribution in [2.45, 2.75) is 25.8 Å². The summed E-state index contributed by atoms with van der Waals surface area (Å²) in [6, 6.07) is 21.6. The van der Waals surface area contributed by atoms with Gasteiger partial charge in [0, 0.05) is 45.8 Å². The summed E-state index contributed by atoms with van der Waals surface area (Å²) in [5.74, 6) is 0.703. The Bertz CT molecular complexity index is 669. The van der Waals surface area contributed by atoms with E-state index in [0.29, 0.717) is 5.92 Å². The van der Waals surface area contributed by atoms with Crippen molar-refractivity contribution in [2.24, 2.45) is 5.92 Å². The summed E-state index contributed by atoms with van der Waals surface area (Å²) < 4.78 is 0. The summed E-state index contributed by atoms with van der Waals surface area (Å²) >= 11 is 0. The van der Waals surface area contributed by atoms with Gasteiger partial charge in [-0.05, 0) is 36.3 Å². The molecule has 4 nitrogen and oxygen atoms in total. The first kappa shape index (κ1) is 19.0. The molecule has 0 unspecified atom stereocenters. The molecule has 0 aliphatic carbocycles. The topological polar surface area (TPSA) is 26.8 Å². The van der Waals surface area contributed by atoms with Crippen molar-refractivity contribution in [1.29, 1.82) is 0 Å². The first-order valence-electron chi connectivity index (χ1n) is 10.6. The normalized spacial score (nSPS) is 19.0. The van der Waals surface area contributed by atoms with E-state index in [1.807, 2.05) is 0 Å². The molecule has 2 aliphatic rings. The Kier molecular flexibility index (Phi) is 6.27. The highest BCUT2D eigenvalue weighted by molar-refractivity contribution is 5.74. The Balaban J connectivity index is 1.20. The van der Waals surface area contributed by atoms with E-state index in [1.54, 1.807) is 0 Å². The number of urea groups is 1. The monoisotopic (exact) mass is 377 g/mol. The molecule has 28 heavy (non-hydrogen) atoms. The van der Waals surface area contributed by atoms with Crippen LogP contribution in [0.5, 0.6) is 0 Å². The maximum atomic E-state index is 12.9. The van der Waals surface area contributed by atoms with E-state index in [1.165, 1.54) is 11.1 Å². The van der Waals surface area contributed by atoms with Gasteiger partial charge in [0.25, 0.3) is 0 Å². The van der Waals surface area contributed by atoms with Gasteiger partial charge in [0.2, 0.25) is 0 Å². The number of carbonyl (C=O) groups is 1. The largest absolute Gasteiger partial charge is 0.325 e. The Hall–Kier alpha value is -2.33. The molecule has 2 heterocycles. The predicted octanol–water partition coefficient (Wildman–Crippen LogP) is 3.88. The lowest BCUT2D eigenvalue weighted by molar-refractivity contribution is 0.0987. The number of piperidine rings is 1. The molecule has 0 saturated carbocycles. The van der Waals surface area contributed by atoms with E-state index in [2.05, 4.69) is 75.4 Å². The van der Waals surface area contributed by atoms with Gasteiger partial charge >= 0.3 is 6.03 Å². The molecule has 0 atom stereocenters. The van der Waals surface area contributed by atoms with Crippen LogP contribution >= 0.6 is 0 Å². The molecule has 2 aromatic carbocycles. The van der Waals surface area contributed by atoms with Gasteiger partial charge in [-0.15, -0.1) is 0 Å². The van der Waals surface area contributed by atoms with E-state index in [9.17, 15) is 4.79 Å². The van der Waals surface area contributed by atoms with Crippen LogP contribution in [0.2, 0.25) is 0 Å². The van der Waals surface area contributed by atoms with Crippen LogP contribution in [-0.4, -0.2) is 60.0 Å². The van der Waals surface area contributed by atoms with Crippen LogP contribution in [0, 0.1) is 5.92 Å². The van der Waals surface area contributed by atoms with E-state index in [0.717, 1.165) is 65.1 Å². The van der Waals surface area contributed by atoms with Crippen molar-refractivity contribution >= 4 is 6.03 Å². The molecule has 0 aromatic heterocycles. The van der Waals surface area contributed by atoms with Crippen molar-refractivity contribution in [1.82, 2.24) is 14.7 Å². The fourth-order valence-electron chi connectivity index (χ4n) is 4.41. The Morgan fingerprint density at radius 3 is 1.86 bits per heavy atom. The SMILES string of the molecule is O=C(N1CCC(Cc2ccccc2)CC1)N1CCN(Cc2ccccc2)CC1. The maximum Gasteiger partial charge on any atom is 0.320 e. The van der Waals surface area contributed by atoms with Gasteiger partial charge in [-0.25, -0.2) is 4.79 Å². The minimum Gasteiger partial charge on any atom is -0.325 e. The summed E-state index contributed by atoms with van der Waals surface area (Å²) in [5.41, 5.74) is 2.77. The van der Waals surface area contributed by atoms with Crippen molar-refractivity contribution in [2.75, 3.05) is 39.3 Å². The van der Waals surface area contributed by atoms with Gasteiger partial charge in [-0.2, -0.15) is 0 Å². The zero-order valence-electron chi connectivity index (χ0n) is 16.7. The predicted molar refractivity (Wildman–Crippen MR) is 113 cm³/mol. The molecule has 0 bridgehead atoms. The van der Waals surface area contributed by atoms with Crippen LogP contribution in [0.15, 0.2) is 60.7 Å². The quantitative estimate of drug-likeness (QED) is 0.808. The van der Waals surface area contributed by atoms with Crippen molar-refractivity contribution in [3.63, 3.8) is 0 Å². The summed E-state index contributed by atoms with van der Waals surface area (Å²) in [7, 11) is 0. The fourth-order valence-corrected chi connectivity index (χ4v) is 4.41. The molecule has 2 aromatic rings. The second kappa shape index (κ2) is 9.24. The molecule has 2 aliphatic heterocycles. The molecule has 0 spiro atoms. The lowest BCUT2D eigenvalue weighted by Gasteiger charge is -2.39. The summed E-state index contributed by atoms with van der Waals surface area (Å²) in [6.45, 7) is 6.40. The van der Waals surface area contributed by atoms with E-state index in [4.69, 9.17) is 0 Å². The Labute approximate surface area is 168 Å². The Morgan fingerprint density at radius 1 is 0.714 bits per heavy atom. The van der Waals surface area contributed by atoms with E-state index >= 15 is 0 Å². The standard InChI is InChI=1S/C24H31N3O/c28-24(26-13-11-22(12-14-26)19-21-7-3-1-4-8-21)27-17-15-25(16-18-27)20-23-9-5-2-6-10-23/h1-10,22H,11-20H2. The zero-order chi connectivity index (χ0) is 19.2. The summed E-state index contributed by atoms with van der Waals surface area (Å²) in [6.07, 6.45) is 3.38. The van der Waals surface area contributed by atoms with Gasteiger partial charge in [0.15, 0.2) is 0 Å². The first-order valence-corrected chi connectivity index (χ1v) is 10.6. The van der Waals surface area contributed by atoms with Gasteiger partial charge in [0.05, 0.1) is 0 Å². The van der Waals surface area contributed by atoms with Crippen LogP contribution in [0.25, 0.3) is 0 Å². The number of likely N-dealkylation sites (tertiary alicyclic amines) is 1. The number of rotatable bonds is 4. The van der Waals surface area contributed by atoms with Gasteiger partial charge in [-0.1, -0.05) is 60.7 Å². The van der Waals surface area contributed by atoms with Gasteiger partial charge in [0.1, 0.15) is 0 Å². The summed E-state index contributed by atoms with van der Waals surface area (Å²) in [5, 5.41) is 0. The van der Waals surface area contributed by atoms with Crippen LogP contribution in [-0.2, 0) is 13.0 Å². The molecule has 4 heteroatoms. The number of nitrogens with zero attached hydrogens (tertiary/aromatic N) is 3. The minimum atomic E-state index is 0.248. The highest BCUT2D eigenvalue weighted by Crippen LogP contribution is 2.23.